The zero-order valence-corrected chi connectivity index (χ0v) is 7.27. The summed E-state index contributed by atoms with van der Waals surface area (Å²) in [7, 11) is 0. The summed E-state index contributed by atoms with van der Waals surface area (Å²) in [6.45, 7) is 10.2. The molecule has 0 saturated heterocycles. The predicted octanol–water partition coefficient (Wildman–Crippen LogP) is 2.49. The first-order chi connectivity index (χ1) is 5.54. The van der Waals surface area contributed by atoms with Crippen LogP contribution in [0.2, 0.25) is 0 Å². The number of hydrogen-bond acceptors (Lipinski definition) is 1. The predicted molar refractivity (Wildman–Crippen MR) is 50.0 cm³/mol. The fraction of sp³-hybridized carbons (Fsp3) is 0. The third-order valence-electron chi connectivity index (χ3n) is 1.21. The van der Waals surface area contributed by atoms with Crippen LogP contribution in [-0.2, 0) is 4.79 Å². The van der Waals surface area contributed by atoms with E-state index in [1.165, 1.54) is 12.2 Å². The van der Waals surface area contributed by atoms with E-state index in [9.17, 15) is 4.79 Å². The minimum Gasteiger partial charge on any atom is -0.478 e. The molecule has 0 aromatic rings. The lowest BCUT2D eigenvalue weighted by molar-refractivity contribution is -0.132. The van der Waals surface area contributed by atoms with Crippen molar-refractivity contribution in [3.63, 3.8) is 0 Å². The van der Waals surface area contributed by atoms with Gasteiger partial charge in [0.1, 0.15) is 0 Å². The van der Waals surface area contributed by atoms with Crippen LogP contribution in [0.4, 0.5) is 0 Å². The van der Waals surface area contributed by atoms with Crippen molar-refractivity contribution >= 4 is 17.6 Å². The number of carbonyl (C=O) groups is 1. The van der Waals surface area contributed by atoms with Gasteiger partial charge in [-0.25, -0.2) is 4.79 Å². The van der Waals surface area contributed by atoms with Gasteiger partial charge in [0.2, 0.25) is 0 Å². The average Bonchev–Trinajstić information content (AvgIpc) is 1.98. The second-order valence-electron chi connectivity index (χ2n) is 1.95. The van der Waals surface area contributed by atoms with E-state index >= 15 is 0 Å². The quantitative estimate of drug-likeness (QED) is 0.539. The Labute approximate surface area is 76.2 Å². The van der Waals surface area contributed by atoms with Crippen LogP contribution in [0, 0.1) is 0 Å². The van der Waals surface area contributed by atoms with Crippen LogP contribution in [0.3, 0.4) is 0 Å². The van der Waals surface area contributed by atoms with Crippen LogP contribution in [0.25, 0.3) is 0 Å². The fourth-order valence-corrected chi connectivity index (χ4v) is 0.874. The molecule has 1 N–H and O–H groups in total. The highest BCUT2D eigenvalue weighted by Crippen LogP contribution is 2.18. The molecule has 0 unspecified atom stereocenters. The van der Waals surface area contributed by atoms with Gasteiger partial charge in [0.25, 0.3) is 0 Å². The van der Waals surface area contributed by atoms with Gasteiger partial charge in [-0.1, -0.05) is 43.5 Å². The molecule has 3 heteroatoms. The van der Waals surface area contributed by atoms with Crippen molar-refractivity contribution in [3.8, 4) is 0 Å². The normalized spacial score (nSPS) is 8.42. The van der Waals surface area contributed by atoms with Crippen LogP contribution in [0.1, 0.15) is 0 Å². The first kappa shape index (κ1) is 10.7. The number of aliphatic carboxylic acids is 1. The summed E-state index contributed by atoms with van der Waals surface area (Å²) in [5.74, 6) is -1.13. The lowest BCUT2D eigenvalue weighted by atomic mass is 10.1. The number of halogens is 1. The molecule has 0 aliphatic carbocycles. The second-order valence-corrected chi connectivity index (χ2v) is 2.40. The molecule has 64 valence electrons. The van der Waals surface area contributed by atoms with Crippen LogP contribution < -0.4 is 0 Å². The summed E-state index contributed by atoms with van der Waals surface area (Å²) in [4.78, 5) is 10.6. The van der Waals surface area contributed by atoms with Crippen molar-refractivity contribution in [2.24, 2.45) is 0 Å². The number of allylic oxidation sites excluding steroid dienone is 3. The van der Waals surface area contributed by atoms with Crippen molar-refractivity contribution in [3.05, 3.63) is 48.1 Å². The maximum Gasteiger partial charge on any atom is 0.337 e. The standard InChI is InChI=1S/C9H9ClO2/c1-4-7(5-2)8(6(3)10)9(11)12/h4-5H,1-3H2,(H,11,12). The van der Waals surface area contributed by atoms with E-state index in [4.69, 9.17) is 16.7 Å². The van der Waals surface area contributed by atoms with Gasteiger partial charge in [0, 0.05) is 5.03 Å². The van der Waals surface area contributed by atoms with Gasteiger partial charge in [-0.2, -0.15) is 0 Å². The van der Waals surface area contributed by atoms with E-state index < -0.39 is 5.97 Å². The molecule has 0 saturated carbocycles. The second kappa shape index (κ2) is 4.57. The van der Waals surface area contributed by atoms with Crippen LogP contribution in [-0.4, -0.2) is 11.1 Å². The minimum atomic E-state index is -1.13. The van der Waals surface area contributed by atoms with E-state index in [0.29, 0.717) is 5.57 Å². The van der Waals surface area contributed by atoms with Gasteiger partial charge in [0.05, 0.1) is 5.57 Å². The zero-order valence-electron chi connectivity index (χ0n) is 6.51. The largest absolute Gasteiger partial charge is 0.478 e. The first-order valence-electron chi connectivity index (χ1n) is 3.11. The van der Waals surface area contributed by atoms with Gasteiger partial charge in [-0.05, 0) is 5.57 Å². The Bertz CT molecular complexity index is 248. The third-order valence-corrected chi connectivity index (χ3v) is 1.40. The highest BCUT2D eigenvalue weighted by molar-refractivity contribution is 6.34. The molecule has 0 atom stereocenters. The van der Waals surface area contributed by atoms with Gasteiger partial charge in [-0.15, -0.1) is 0 Å². The molecule has 12 heavy (non-hydrogen) atoms. The average molecular weight is 185 g/mol. The first-order valence-corrected chi connectivity index (χ1v) is 3.49. The molecule has 0 aromatic carbocycles. The highest BCUT2D eigenvalue weighted by Gasteiger charge is 2.12. The van der Waals surface area contributed by atoms with Gasteiger partial charge < -0.3 is 5.11 Å². The van der Waals surface area contributed by atoms with E-state index in [1.807, 2.05) is 0 Å². The summed E-state index contributed by atoms with van der Waals surface area (Å²) in [6, 6.07) is 0. The molecule has 0 bridgehead atoms. The molecule has 0 heterocycles. The van der Waals surface area contributed by atoms with Crippen LogP contribution >= 0.6 is 11.6 Å². The third kappa shape index (κ3) is 2.40. The monoisotopic (exact) mass is 184 g/mol. The number of rotatable bonds is 4. The molecule has 0 aliphatic heterocycles. The van der Waals surface area contributed by atoms with Crippen molar-refractivity contribution in [2.45, 2.75) is 0 Å². The molecule has 0 radical (unpaired) electrons. The van der Waals surface area contributed by atoms with Crippen LogP contribution in [0.5, 0.6) is 0 Å². The lowest BCUT2D eigenvalue weighted by Gasteiger charge is -2.01. The van der Waals surface area contributed by atoms with Crippen LogP contribution in [0.15, 0.2) is 48.1 Å². The Morgan fingerprint density at radius 3 is 1.83 bits per heavy atom. The van der Waals surface area contributed by atoms with Crippen molar-refractivity contribution in [2.75, 3.05) is 0 Å². The zero-order chi connectivity index (χ0) is 9.72. The van der Waals surface area contributed by atoms with Crippen molar-refractivity contribution in [1.82, 2.24) is 0 Å². The maximum absolute atomic E-state index is 10.6. The molecule has 0 aromatic heterocycles. The van der Waals surface area contributed by atoms with E-state index in [0.717, 1.165) is 0 Å². The Morgan fingerprint density at radius 2 is 1.75 bits per heavy atom. The summed E-state index contributed by atoms with van der Waals surface area (Å²) >= 11 is 5.46. The molecular formula is C9H9ClO2. The van der Waals surface area contributed by atoms with E-state index in [2.05, 4.69) is 19.7 Å². The van der Waals surface area contributed by atoms with E-state index in [-0.39, 0.29) is 10.6 Å². The number of carboxylic acid groups (broad SMARTS) is 1. The Morgan fingerprint density at radius 1 is 1.33 bits per heavy atom. The smallest absolute Gasteiger partial charge is 0.337 e. The fourth-order valence-electron chi connectivity index (χ4n) is 0.684. The topological polar surface area (TPSA) is 37.3 Å². The van der Waals surface area contributed by atoms with Gasteiger partial charge in [-0.3, -0.25) is 0 Å². The summed E-state index contributed by atoms with van der Waals surface area (Å²) in [5.41, 5.74) is 0.296. The summed E-state index contributed by atoms with van der Waals surface area (Å²) in [6.07, 6.45) is 2.73. The summed E-state index contributed by atoms with van der Waals surface area (Å²) < 4.78 is 0. The molecule has 0 amide bonds. The Hall–Kier alpha value is -1.28. The highest BCUT2D eigenvalue weighted by atomic mass is 35.5. The summed E-state index contributed by atoms with van der Waals surface area (Å²) in [5, 5.41) is 8.65. The molecule has 0 spiro atoms. The van der Waals surface area contributed by atoms with Gasteiger partial charge >= 0.3 is 5.97 Å². The number of hydrogen-bond donors (Lipinski definition) is 1. The van der Waals surface area contributed by atoms with Crippen molar-refractivity contribution < 1.29 is 9.90 Å². The Balaban J connectivity index is 5.32. The molecule has 0 fully saturated rings. The maximum atomic E-state index is 10.6. The van der Waals surface area contributed by atoms with E-state index in [1.54, 1.807) is 0 Å². The number of carboxylic acids is 1. The minimum absolute atomic E-state index is 0.0303. The molecule has 2 nitrogen and oxygen atoms in total. The van der Waals surface area contributed by atoms with Gasteiger partial charge in [0.15, 0.2) is 0 Å². The lowest BCUT2D eigenvalue weighted by Crippen LogP contribution is -2.02. The molecular weight excluding hydrogens is 176 g/mol. The van der Waals surface area contributed by atoms with Crippen molar-refractivity contribution in [1.29, 1.82) is 0 Å². The SMILES string of the molecule is C=CC(C=C)=C(C(=C)Cl)C(=O)O. The Kier molecular flexibility index (Phi) is 4.08. The molecule has 0 rings (SSSR count). The molecule has 0 aliphatic rings.